The maximum atomic E-state index is 4.05. The number of pyridine rings is 1. The van der Waals surface area contributed by atoms with E-state index in [1.807, 2.05) is 12.4 Å². The number of nitrogens with one attached hydrogen (secondary N) is 1. The number of nitrogens with zero attached hydrogens (tertiary/aromatic N) is 2. The molecule has 1 N–H and O–H groups in total. The van der Waals surface area contributed by atoms with Crippen LogP contribution in [0.25, 0.3) is 0 Å². The minimum atomic E-state index is 0.665. The van der Waals surface area contributed by atoms with Crippen LogP contribution in [0.15, 0.2) is 24.5 Å². The van der Waals surface area contributed by atoms with Crippen LogP contribution in [-0.4, -0.2) is 42.1 Å². The first kappa shape index (κ1) is 13.5. The zero-order chi connectivity index (χ0) is 13.0. The Morgan fingerprint density at radius 2 is 2.06 bits per heavy atom. The van der Waals surface area contributed by atoms with Gasteiger partial charge in [-0.2, -0.15) is 0 Å². The first-order valence-electron chi connectivity index (χ1n) is 6.99. The second kappa shape index (κ2) is 6.30. The van der Waals surface area contributed by atoms with E-state index in [0.717, 1.165) is 18.9 Å². The SMILES string of the molecule is CC1CN(C)C(C)CC1NCCc1ccncc1. The summed E-state index contributed by atoms with van der Waals surface area (Å²) in [5.41, 5.74) is 1.37. The van der Waals surface area contributed by atoms with Gasteiger partial charge < -0.3 is 10.2 Å². The smallest absolute Gasteiger partial charge is 0.0270 e. The lowest BCUT2D eigenvalue weighted by Crippen LogP contribution is -2.51. The van der Waals surface area contributed by atoms with Gasteiger partial charge in [-0.25, -0.2) is 0 Å². The molecule has 0 aliphatic carbocycles. The highest BCUT2D eigenvalue weighted by Gasteiger charge is 2.28. The number of hydrogen-bond donors (Lipinski definition) is 1. The van der Waals surface area contributed by atoms with Crippen molar-refractivity contribution in [1.29, 1.82) is 0 Å². The molecule has 18 heavy (non-hydrogen) atoms. The van der Waals surface area contributed by atoms with Gasteiger partial charge in [0, 0.05) is 31.0 Å². The summed E-state index contributed by atoms with van der Waals surface area (Å²) in [6.45, 7) is 6.94. The van der Waals surface area contributed by atoms with Crippen LogP contribution >= 0.6 is 0 Å². The molecular weight excluding hydrogens is 222 g/mol. The minimum absolute atomic E-state index is 0.665. The highest BCUT2D eigenvalue weighted by atomic mass is 15.2. The number of piperidine rings is 1. The molecule has 0 spiro atoms. The van der Waals surface area contributed by atoms with Crippen molar-refractivity contribution in [2.24, 2.45) is 5.92 Å². The van der Waals surface area contributed by atoms with Gasteiger partial charge in [0.25, 0.3) is 0 Å². The van der Waals surface area contributed by atoms with E-state index in [9.17, 15) is 0 Å². The summed E-state index contributed by atoms with van der Waals surface area (Å²) in [5, 5.41) is 3.72. The Morgan fingerprint density at radius 3 is 2.78 bits per heavy atom. The Morgan fingerprint density at radius 1 is 1.33 bits per heavy atom. The third-order valence-electron chi connectivity index (χ3n) is 4.18. The largest absolute Gasteiger partial charge is 0.313 e. The van der Waals surface area contributed by atoms with Crippen LogP contribution < -0.4 is 5.32 Å². The van der Waals surface area contributed by atoms with E-state index in [4.69, 9.17) is 0 Å². The van der Waals surface area contributed by atoms with E-state index in [0.29, 0.717) is 12.1 Å². The van der Waals surface area contributed by atoms with Gasteiger partial charge in [0.1, 0.15) is 0 Å². The summed E-state index contributed by atoms with van der Waals surface area (Å²) >= 11 is 0. The molecule has 0 amide bonds. The van der Waals surface area contributed by atoms with Crippen molar-refractivity contribution < 1.29 is 0 Å². The van der Waals surface area contributed by atoms with Crippen molar-refractivity contribution in [2.75, 3.05) is 20.1 Å². The molecule has 2 heterocycles. The summed E-state index contributed by atoms with van der Waals surface area (Å²) in [5.74, 6) is 0.739. The Labute approximate surface area is 111 Å². The molecule has 0 saturated carbocycles. The van der Waals surface area contributed by atoms with E-state index in [2.05, 4.69) is 48.2 Å². The topological polar surface area (TPSA) is 28.2 Å². The summed E-state index contributed by atoms with van der Waals surface area (Å²) in [7, 11) is 2.23. The normalized spacial score (nSPS) is 29.4. The quantitative estimate of drug-likeness (QED) is 0.881. The highest BCUT2D eigenvalue weighted by molar-refractivity contribution is 5.09. The molecule has 1 aliphatic heterocycles. The Hall–Kier alpha value is -0.930. The standard InChI is InChI=1S/C15H25N3/c1-12-11-18(3)13(2)10-15(12)17-9-6-14-4-7-16-8-5-14/h4-5,7-8,12-13,15,17H,6,9-11H2,1-3H3. The molecule has 2 rings (SSSR count). The molecule has 3 atom stereocenters. The zero-order valence-corrected chi connectivity index (χ0v) is 11.8. The van der Waals surface area contributed by atoms with Crippen LogP contribution in [0, 0.1) is 5.92 Å². The number of likely N-dealkylation sites (tertiary alicyclic amines) is 1. The van der Waals surface area contributed by atoms with Gasteiger partial charge >= 0.3 is 0 Å². The van der Waals surface area contributed by atoms with Crippen LogP contribution in [0.1, 0.15) is 25.8 Å². The monoisotopic (exact) mass is 247 g/mol. The van der Waals surface area contributed by atoms with E-state index >= 15 is 0 Å². The summed E-state index contributed by atoms with van der Waals surface area (Å²) < 4.78 is 0. The van der Waals surface area contributed by atoms with Crippen molar-refractivity contribution in [2.45, 2.75) is 38.8 Å². The fraction of sp³-hybridized carbons (Fsp3) is 0.667. The van der Waals surface area contributed by atoms with Gasteiger partial charge in [-0.05, 0) is 57.0 Å². The second-order valence-corrected chi connectivity index (χ2v) is 5.67. The molecule has 0 bridgehead atoms. The molecule has 3 heteroatoms. The van der Waals surface area contributed by atoms with Crippen LogP contribution in [0.2, 0.25) is 0 Å². The fourth-order valence-corrected chi connectivity index (χ4v) is 2.78. The molecule has 3 nitrogen and oxygen atoms in total. The first-order valence-corrected chi connectivity index (χ1v) is 6.99. The summed E-state index contributed by atoms with van der Waals surface area (Å²) in [4.78, 5) is 6.51. The average Bonchev–Trinajstić information content (AvgIpc) is 2.37. The summed E-state index contributed by atoms with van der Waals surface area (Å²) in [6, 6.07) is 5.56. The highest BCUT2D eigenvalue weighted by Crippen LogP contribution is 2.20. The molecular formula is C15H25N3. The van der Waals surface area contributed by atoms with Gasteiger partial charge in [0.05, 0.1) is 0 Å². The number of rotatable bonds is 4. The molecule has 1 aliphatic rings. The lowest BCUT2D eigenvalue weighted by atomic mass is 9.90. The fourth-order valence-electron chi connectivity index (χ4n) is 2.78. The Kier molecular flexibility index (Phi) is 4.72. The van der Waals surface area contributed by atoms with Crippen molar-refractivity contribution >= 4 is 0 Å². The zero-order valence-electron chi connectivity index (χ0n) is 11.8. The Balaban J connectivity index is 1.76. The van der Waals surface area contributed by atoms with Crippen LogP contribution in [0.4, 0.5) is 0 Å². The first-order chi connectivity index (χ1) is 8.66. The van der Waals surface area contributed by atoms with Crippen LogP contribution in [0.3, 0.4) is 0 Å². The average molecular weight is 247 g/mol. The van der Waals surface area contributed by atoms with Gasteiger partial charge in [0.2, 0.25) is 0 Å². The van der Waals surface area contributed by atoms with E-state index in [1.54, 1.807) is 0 Å². The van der Waals surface area contributed by atoms with E-state index in [1.165, 1.54) is 18.5 Å². The van der Waals surface area contributed by atoms with Gasteiger partial charge in [-0.1, -0.05) is 6.92 Å². The minimum Gasteiger partial charge on any atom is -0.313 e. The van der Waals surface area contributed by atoms with E-state index < -0.39 is 0 Å². The van der Waals surface area contributed by atoms with Crippen molar-refractivity contribution in [3.63, 3.8) is 0 Å². The molecule has 1 aromatic heterocycles. The molecule has 1 saturated heterocycles. The van der Waals surface area contributed by atoms with Crippen molar-refractivity contribution in [3.8, 4) is 0 Å². The maximum Gasteiger partial charge on any atom is 0.0270 e. The van der Waals surface area contributed by atoms with Gasteiger partial charge in [-0.3, -0.25) is 4.98 Å². The molecule has 1 aromatic rings. The number of hydrogen-bond acceptors (Lipinski definition) is 3. The van der Waals surface area contributed by atoms with E-state index in [-0.39, 0.29) is 0 Å². The van der Waals surface area contributed by atoms with Gasteiger partial charge in [-0.15, -0.1) is 0 Å². The Bertz CT molecular complexity index is 352. The molecule has 3 unspecified atom stereocenters. The number of aromatic nitrogens is 1. The molecule has 0 aromatic carbocycles. The summed E-state index contributed by atoms with van der Waals surface area (Å²) in [6.07, 6.45) is 6.09. The predicted octanol–water partition coefficient (Wildman–Crippen LogP) is 1.94. The third-order valence-corrected chi connectivity index (χ3v) is 4.18. The van der Waals surface area contributed by atoms with Crippen molar-refractivity contribution in [3.05, 3.63) is 30.1 Å². The van der Waals surface area contributed by atoms with Crippen LogP contribution in [0.5, 0.6) is 0 Å². The third kappa shape index (κ3) is 3.53. The van der Waals surface area contributed by atoms with Crippen LogP contribution in [-0.2, 0) is 6.42 Å². The molecule has 1 fully saturated rings. The maximum absolute atomic E-state index is 4.05. The van der Waals surface area contributed by atoms with Crippen molar-refractivity contribution in [1.82, 2.24) is 15.2 Å². The lowest BCUT2D eigenvalue weighted by Gasteiger charge is -2.40. The lowest BCUT2D eigenvalue weighted by molar-refractivity contribution is 0.122. The molecule has 100 valence electrons. The second-order valence-electron chi connectivity index (χ2n) is 5.67. The molecule has 0 radical (unpaired) electrons. The van der Waals surface area contributed by atoms with Gasteiger partial charge in [0.15, 0.2) is 0 Å². The predicted molar refractivity (Wildman–Crippen MR) is 75.6 cm³/mol.